The van der Waals surface area contributed by atoms with Gasteiger partial charge < -0.3 is 19.7 Å². The highest BCUT2D eigenvalue weighted by Crippen LogP contribution is 2.29. The van der Waals surface area contributed by atoms with E-state index in [0.717, 1.165) is 7.11 Å². The van der Waals surface area contributed by atoms with Crippen LogP contribution >= 0.6 is 0 Å². The molecule has 0 saturated heterocycles. The summed E-state index contributed by atoms with van der Waals surface area (Å²) in [6.07, 6.45) is -2.79. The number of benzene rings is 1. The van der Waals surface area contributed by atoms with Crippen molar-refractivity contribution in [2.24, 2.45) is 0 Å². The van der Waals surface area contributed by atoms with Gasteiger partial charge in [-0.3, -0.25) is 4.79 Å². The Labute approximate surface area is 109 Å². The van der Waals surface area contributed by atoms with Crippen molar-refractivity contribution in [3.05, 3.63) is 29.3 Å². The van der Waals surface area contributed by atoms with Crippen LogP contribution in [-0.4, -0.2) is 41.8 Å². The molecule has 0 bridgehead atoms. The minimum Gasteiger partial charge on any atom is -0.492 e. The van der Waals surface area contributed by atoms with Crippen molar-refractivity contribution in [1.82, 2.24) is 0 Å². The fourth-order valence-electron chi connectivity index (χ4n) is 1.89. The summed E-state index contributed by atoms with van der Waals surface area (Å²) >= 11 is 0. The van der Waals surface area contributed by atoms with E-state index in [1.807, 2.05) is 0 Å². The number of esters is 1. The molecule has 0 fully saturated rings. The van der Waals surface area contributed by atoms with Crippen molar-refractivity contribution in [2.75, 3.05) is 13.7 Å². The zero-order valence-electron chi connectivity index (χ0n) is 10.3. The molecule has 0 aliphatic carbocycles. The Hall–Kier alpha value is -1.92. The number of hydrogen-bond donors (Lipinski definition) is 2. The summed E-state index contributed by atoms with van der Waals surface area (Å²) in [4.78, 5) is 22.7. The van der Waals surface area contributed by atoms with Gasteiger partial charge in [0.1, 0.15) is 11.9 Å². The molecule has 1 aliphatic rings. The van der Waals surface area contributed by atoms with E-state index in [1.165, 1.54) is 18.2 Å². The third-order valence-electron chi connectivity index (χ3n) is 2.98. The Morgan fingerprint density at radius 3 is 2.84 bits per heavy atom. The Bertz CT molecular complexity index is 510. The van der Waals surface area contributed by atoms with Crippen molar-refractivity contribution in [1.29, 1.82) is 0 Å². The molecule has 1 heterocycles. The molecule has 2 unspecified atom stereocenters. The number of aliphatic hydroxyl groups is 2. The number of hydrogen-bond acceptors (Lipinski definition) is 6. The van der Waals surface area contributed by atoms with Gasteiger partial charge in [-0.15, -0.1) is 0 Å². The lowest BCUT2D eigenvalue weighted by molar-refractivity contribution is -0.156. The van der Waals surface area contributed by atoms with Gasteiger partial charge in [0.25, 0.3) is 0 Å². The molecule has 1 aliphatic heterocycles. The number of carbonyl (C=O) groups is 2. The monoisotopic (exact) mass is 266 g/mol. The molecule has 0 aromatic heterocycles. The minimum atomic E-state index is -1.68. The van der Waals surface area contributed by atoms with Gasteiger partial charge in [-0.2, -0.15) is 0 Å². The number of aliphatic hydroxyl groups excluding tert-OH is 2. The van der Waals surface area contributed by atoms with Gasteiger partial charge in [0.15, 0.2) is 11.9 Å². The van der Waals surface area contributed by atoms with Crippen molar-refractivity contribution in [3.63, 3.8) is 0 Å². The predicted molar refractivity (Wildman–Crippen MR) is 63.9 cm³/mol. The van der Waals surface area contributed by atoms with Gasteiger partial charge in [0.2, 0.25) is 0 Å². The summed E-state index contributed by atoms with van der Waals surface area (Å²) < 4.78 is 9.67. The number of fused-ring (bicyclic) bond motifs is 1. The molecule has 2 atom stereocenters. The van der Waals surface area contributed by atoms with Crippen LogP contribution in [0.15, 0.2) is 18.2 Å². The third-order valence-corrected chi connectivity index (χ3v) is 2.98. The summed E-state index contributed by atoms with van der Waals surface area (Å²) in [6.45, 7) is 0.283. The third kappa shape index (κ3) is 2.59. The summed E-state index contributed by atoms with van der Waals surface area (Å²) in [5.74, 6) is -0.608. The molecular formula is C13H14O6. The molecule has 2 rings (SSSR count). The Morgan fingerprint density at radius 1 is 1.42 bits per heavy atom. The van der Waals surface area contributed by atoms with Gasteiger partial charge in [0, 0.05) is 6.42 Å². The second-order valence-corrected chi connectivity index (χ2v) is 4.19. The minimum absolute atomic E-state index is 0.0317. The van der Waals surface area contributed by atoms with Crippen LogP contribution in [-0.2, 0) is 9.53 Å². The Kier molecular flexibility index (Phi) is 3.82. The van der Waals surface area contributed by atoms with Gasteiger partial charge in [-0.1, -0.05) is 6.07 Å². The summed E-state index contributed by atoms with van der Waals surface area (Å²) in [5.41, 5.74) is 0.723. The zero-order valence-corrected chi connectivity index (χ0v) is 10.3. The number of ketones is 1. The van der Waals surface area contributed by atoms with Gasteiger partial charge in [-0.05, 0) is 17.7 Å². The number of Topliss-reactive ketones (excluding diaryl/α,β-unsaturated/α-hetero) is 1. The summed E-state index contributed by atoms with van der Waals surface area (Å²) in [6, 6.07) is 4.44. The first-order valence-electron chi connectivity index (χ1n) is 5.78. The highest BCUT2D eigenvalue weighted by molar-refractivity contribution is 5.99. The molecule has 0 amide bonds. The summed E-state index contributed by atoms with van der Waals surface area (Å²) in [7, 11) is 1.12. The van der Waals surface area contributed by atoms with E-state index in [-0.39, 0.29) is 18.0 Å². The van der Waals surface area contributed by atoms with Crippen LogP contribution in [0.25, 0.3) is 0 Å². The molecule has 2 N–H and O–H groups in total. The van der Waals surface area contributed by atoms with E-state index in [0.29, 0.717) is 17.7 Å². The smallest absolute Gasteiger partial charge is 0.337 e. The number of rotatable bonds is 3. The van der Waals surface area contributed by atoms with Gasteiger partial charge in [-0.25, -0.2) is 4.79 Å². The number of ether oxygens (including phenoxy) is 2. The predicted octanol–water partition coefficient (Wildman–Crippen LogP) is 0.219. The number of carbonyl (C=O) groups excluding carboxylic acids is 2. The topological polar surface area (TPSA) is 93.1 Å². The molecule has 0 radical (unpaired) electrons. The molecule has 0 saturated carbocycles. The average Bonchev–Trinajstić information content (AvgIpc) is 2.44. The van der Waals surface area contributed by atoms with E-state index >= 15 is 0 Å². The second kappa shape index (κ2) is 5.38. The maximum absolute atomic E-state index is 11.6. The average molecular weight is 266 g/mol. The Morgan fingerprint density at radius 2 is 2.16 bits per heavy atom. The summed E-state index contributed by atoms with van der Waals surface area (Å²) in [5, 5.41) is 19.4. The quantitative estimate of drug-likeness (QED) is 0.760. The largest absolute Gasteiger partial charge is 0.492 e. The van der Waals surface area contributed by atoms with Crippen molar-refractivity contribution in [2.45, 2.75) is 18.6 Å². The highest BCUT2D eigenvalue weighted by Gasteiger charge is 2.28. The molecule has 6 heteroatoms. The lowest BCUT2D eigenvalue weighted by Gasteiger charge is -2.20. The maximum atomic E-state index is 11.6. The van der Waals surface area contributed by atoms with Crippen molar-refractivity contribution >= 4 is 11.8 Å². The molecule has 102 valence electrons. The lowest BCUT2D eigenvalue weighted by atomic mass is 9.98. The molecule has 6 nitrogen and oxygen atoms in total. The molecule has 0 spiro atoms. The molecule has 19 heavy (non-hydrogen) atoms. The highest BCUT2D eigenvalue weighted by atomic mass is 16.5. The molecular weight excluding hydrogens is 252 g/mol. The van der Waals surface area contributed by atoms with Crippen LogP contribution in [0.2, 0.25) is 0 Å². The van der Waals surface area contributed by atoms with Crippen LogP contribution in [0, 0.1) is 0 Å². The van der Waals surface area contributed by atoms with Crippen molar-refractivity contribution < 1.29 is 29.3 Å². The van der Waals surface area contributed by atoms with E-state index in [1.54, 1.807) is 0 Å². The first-order valence-corrected chi connectivity index (χ1v) is 5.78. The fraction of sp³-hybridized carbons (Fsp3) is 0.385. The van der Waals surface area contributed by atoms with Crippen LogP contribution < -0.4 is 4.74 Å². The lowest BCUT2D eigenvalue weighted by Crippen LogP contribution is -2.29. The molecule has 1 aromatic carbocycles. The first kappa shape index (κ1) is 13.5. The van der Waals surface area contributed by atoms with Gasteiger partial charge >= 0.3 is 5.97 Å². The maximum Gasteiger partial charge on any atom is 0.337 e. The van der Waals surface area contributed by atoms with E-state index in [9.17, 15) is 19.8 Å². The normalized spacial score (nSPS) is 17.1. The molecule has 1 aromatic rings. The second-order valence-electron chi connectivity index (χ2n) is 4.19. The van der Waals surface area contributed by atoms with Gasteiger partial charge in [0.05, 0.1) is 19.3 Å². The first-order chi connectivity index (χ1) is 9.04. The Balaban J connectivity index is 2.27. The fourth-order valence-corrected chi connectivity index (χ4v) is 1.89. The van der Waals surface area contributed by atoms with E-state index in [2.05, 4.69) is 4.74 Å². The standard InChI is InChI=1S/C13H14O6/c1-18-13(17)12(16)11(15)7-2-3-8-9(14)4-5-19-10(8)6-7/h2-3,6,11-12,15-16H,4-5H2,1H3. The van der Waals surface area contributed by atoms with E-state index in [4.69, 9.17) is 4.74 Å². The number of methoxy groups -OCH3 is 1. The van der Waals surface area contributed by atoms with E-state index < -0.39 is 18.2 Å². The van der Waals surface area contributed by atoms with Crippen LogP contribution in [0.3, 0.4) is 0 Å². The SMILES string of the molecule is COC(=O)C(O)C(O)c1ccc2c(c1)OCCC2=O. The van der Waals surface area contributed by atoms with Crippen LogP contribution in [0.5, 0.6) is 5.75 Å². The van der Waals surface area contributed by atoms with Crippen molar-refractivity contribution in [3.8, 4) is 5.75 Å². The van der Waals surface area contributed by atoms with Crippen LogP contribution in [0.4, 0.5) is 0 Å². The van der Waals surface area contributed by atoms with Crippen LogP contribution in [0.1, 0.15) is 28.4 Å². The zero-order chi connectivity index (χ0) is 14.0.